The molecule has 0 radical (unpaired) electrons. The molecule has 4 rings (SSSR count). The molecule has 1 saturated heterocycles. The number of carbonyl (C=O) groups excluding carboxylic acids is 1. The van der Waals surface area contributed by atoms with E-state index in [1.54, 1.807) is 19.0 Å². The second kappa shape index (κ2) is 9.79. The molecule has 1 fully saturated rings. The normalized spacial score (nSPS) is 20.4. The van der Waals surface area contributed by atoms with Gasteiger partial charge in [-0.05, 0) is 5.56 Å². The Morgan fingerprint density at radius 1 is 1.42 bits per heavy atom. The Morgan fingerprint density at radius 3 is 2.94 bits per heavy atom. The number of aromatic nitrogens is 4. The van der Waals surface area contributed by atoms with Crippen LogP contribution < -0.4 is 10.9 Å². The Kier molecular flexibility index (Phi) is 6.66. The van der Waals surface area contributed by atoms with Crippen LogP contribution in [0.4, 0.5) is 10.7 Å². The lowest BCUT2D eigenvalue weighted by Crippen LogP contribution is -2.31. The summed E-state index contributed by atoms with van der Waals surface area (Å²) in [6.45, 7) is 0.0561. The third-order valence-corrected chi connectivity index (χ3v) is 4.99. The number of hydrogen-bond donors (Lipinski definition) is 3. The minimum Gasteiger partial charge on any atom is -0.441 e. The van der Waals surface area contributed by atoms with E-state index < -0.39 is 30.1 Å². The highest BCUT2D eigenvalue weighted by atomic mass is 16.6. The molecule has 3 heterocycles. The van der Waals surface area contributed by atoms with Gasteiger partial charge in [-0.1, -0.05) is 30.3 Å². The number of fused-ring (bicyclic) bond motifs is 1. The molecule has 0 aliphatic carbocycles. The number of nitrogens with one attached hydrogen (secondary N) is 2. The number of ether oxygens (including phenoxy) is 2. The number of aliphatic hydroxyl groups excluding tert-OH is 1. The van der Waals surface area contributed by atoms with Gasteiger partial charge in [0.25, 0.3) is 5.56 Å². The Bertz CT molecular complexity index is 1190. The molecular weight excluding hydrogens is 430 g/mol. The van der Waals surface area contributed by atoms with Gasteiger partial charge in [-0.15, -0.1) is 0 Å². The van der Waals surface area contributed by atoms with Crippen molar-refractivity contribution in [1.82, 2.24) is 29.7 Å². The summed E-state index contributed by atoms with van der Waals surface area (Å²) in [5, 5.41) is 12.3. The van der Waals surface area contributed by atoms with Gasteiger partial charge in [-0.3, -0.25) is 14.3 Å². The molecule has 2 aromatic heterocycles. The number of aliphatic imine (C=N–C) groups is 1. The lowest BCUT2D eigenvalue weighted by molar-refractivity contribution is -0.0518. The van der Waals surface area contributed by atoms with Crippen LogP contribution in [0.15, 0.2) is 46.4 Å². The van der Waals surface area contributed by atoms with E-state index >= 15 is 0 Å². The number of aromatic amines is 1. The minimum atomic E-state index is -0.824. The van der Waals surface area contributed by atoms with Crippen molar-refractivity contribution in [3.05, 3.63) is 52.6 Å². The fourth-order valence-corrected chi connectivity index (χ4v) is 3.47. The van der Waals surface area contributed by atoms with Gasteiger partial charge >= 0.3 is 6.09 Å². The van der Waals surface area contributed by atoms with Crippen molar-refractivity contribution in [1.29, 1.82) is 0 Å². The summed E-state index contributed by atoms with van der Waals surface area (Å²) < 4.78 is 13.0. The molecule has 3 N–H and O–H groups in total. The summed E-state index contributed by atoms with van der Waals surface area (Å²) >= 11 is 0. The Labute approximate surface area is 188 Å². The first kappa shape index (κ1) is 22.4. The standard InChI is InChI=1S/C21H25N7O5/c1-27(2)11-24-20-25-17-16(18(30)26-20)23-12-28(17)19-15(8-14(10-29)32-19)33-21(31)22-9-13-6-4-3-5-7-13/h3-7,11-12,14-15,19,29H,8-10H2,1-2H3,(H,22,31)(H,25,26,30)/b24-11+/t14-,15?,19+/m0/s1. The Balaban J connectivity index is 1.56. The van der Waals surface area contributed by atoms with Gasteiger partial charge in [0.2, 0.25) is 5.95 Å². The lowest BCUT2D eigenvalue weighted by Gasteiger charge is -2.20. The van der Waals surface area contributed by atoms with Crippen LogP contribution in [0, 0.1) is 0 Å². The zero-order valence-electron chi connectivity index (χ0n) is 18.2. The van der Waals surface area contributed by atoms with Crippen molar-refractivity contribution in [3.8, 4) is 0 Å². The van der Waals surface area contributed by atoms with Gasteiger partial charge < -0.3 is 24.8 Å². The first-order chi connectivity index (χ1) is 15.9. The molecule has 1 aliphatic rings. The van der Waals surface area contributed by atoms with Gasteiger partial charge in [-0.25, -0.2) is 14.8 Å². The largest absolute Gasteiger partial charge is 0.441 e. The molecule has 1 aliphatic heterocycles. The molecule has 0 spiro atoms. The fraction of sp³-hybridized carbons (Fsp3) is 0.381. The van der Waals surface area contributed by atoms with E-state index in [-0.39, 0.29) is 30.1 Å². The van der Waals surface area contributed by atoms with Gasteiger partial charge in [0.05, 0.1) is 25.4 Å². The SMILES string of the molecule is CN(C)/C=N/c1nc2c(ncn2[C@@H]2O[C@H](CO)CC2OC(=O)NCc2ccccc2)c(=O)[nH]1. The first-order valence-corrected chi connectivity index (χ1v) is 10.4. The monoisotopic (exact) mass is 455 g/mol. The van der Waals surface area contributed by atoms with E-state index in [0.717, 1.165) is 5.56 Å². The van der Waals surface area contributed by atoms with Crippen molar-refractivity contribution >= 4 is 29.5 Å². The van der Waals surface area contributed by atoms with Crippen LogP contribution in [0.25, 0.3) is 11.2 Å². The third-order valence-electron chi connectivity index (χ3n) is 4.99. The average molecular weight is 455 g/mol. The first-order valence-electron chi connectivity index (χ1n) is 10.4. The van der Waals surface area contributed by atoms with Crippen molar-refractivity contribution < 1.29 is 19.4 Å². The Morgan fingerprint density at radius 2 is 2.21 bits per heavy atom. The zero-order chi connectivity index (χ0) is 23.4. The quantitative estimate of drug-likeness (QED) is 0.352. The number of rotatable bonds is 7. The molecule has 3 atom stereocenters. The van der Waals surface area contributed by atoms with E-state index in [4.69, 9.17) is 9.47 Å². The summed E-state index contributed by atoms with van der Waals surface area (Å²) in [4.78, 5) is 41.8. The number of hydrogen-bond acceptors (Lipinski definition) is 8. The van der Waals surface area contributed by atoms with Crippen LogP contribution in [-0.2, 0) is 16.0 Å². The molecule has 1 unspecified atom stereocenters. The number of H-pyrrole nitrogens is 1. The second-order valence-electron chi connectivity index (χ2n) is 7.77. The third kappa shape index (κ3) is 5.18. The van der Waals surface area contributed by atoms with E-state index in [1.807, 2.05) is 30.3 Å². The summed E-state index contributed by atoms with van der Waals surface area (Å²) in [7, 11) is 3.58. The highest BCUT2D eigenvalue weighted by Gasteiger charge is 2.40. The van der Waals surface area contributed by atoms with Crippen LogP contribution in [-0.4, -0.2) is 74.9 Å². The van der Waals surface area contributed by atoms with Crippen molar-refractivity contribution in [3.63, 3.8) is 0 Å². The highest BCUT2D eigenvalue weighted by Crippen LogP contribution is 2.33. The highest BCUT2D eigenvalue weighted by molar-refractivity contribution is 5.71. The molecule has 12 nitrogen and oxygen atoms in total. The molecule has 0 bridgehead atoms. The molecule has 174 valence electrons. The van der Waals surface area contributed by atoms with E-state index in [2.05, 4.69) is 25.3 Å². The maximum absolute atomic E-state index is 12.4. The van der Waals surface area contributed by atoms with Crippen LogP contribution in [0.1, 0.15) is 18.2 Å². The van der Waals surface area contributed by atoms with Gasteiger partial charge in [-0.2, -0.15) is 4.98 Å². The number of nitrogens with zero attached hydrogens (tertiary/aromatic N) is 5. The van der Waals surface area contributed by atoms with E-state index in [1.165, 1.54) is 17.2 Å². The van der Waals surface area contributed by atoms with Crippen molar-refractivity contribution in [2.24, 2.45) is 4.99 Å². The van der Waals surface area contributed by atoms with Gasteiger partial charge in [0, 0.05) is 27.1 Å². The summed E-state index contributed by atoms with van der Waals surface area (Å²) in [6, 6.07) is 9.43. The van der Waals surface area contributed by atoms with Crippen molar-refractivity contribution in [2.45, 2.75) is 31.4 Å². The van der Waals surface area contributed by atoms with Gasteiger partial charge in [0.1, 0.15) is 0 Å². The maximum Gasteiger partial charge on any atom is 0.407 e. The number of imidazole rings is 1. The Hall–Kier alpha value is -3.77. The van der Waals surface area contributed by atoms with Crippen LogP contribution in [0.5, 0.6) is 0 Å². The number of carbonyl (C=O) groups is 1. The zero-order valence-corrected chi connectivity index (χ0v) is 18.2. The average Bonchev–Trinajstić information content (AvgIpc) is 3.41. The molecule has 1 aromatic carbocycles. The maximum atomic E-state index is 12.4. The number of aliphatic hydroxyl groups is 1. The molecular formula is C21H25N7O5. The number of amides is 1. The van der Waals surface area contributed by atoms with Crippen molar-refractivity contribution in [2.75, 3.05) is 20.7 Å². The van der Waals surface area contributed by atoms with E-state index in [9.17, 15) is 14.7 Å². The molecule has 1 amide bonds. The van der Waals surface area contributed by atoms with E-state index in [0.29, 0.717) is 6.54 Å². The predicted octanol–water partition coefficient (Wildman–Crippen LogP) is 0.916. The molecule has 33 heavy (non-hydrogen) atoms. The summed E-state index contributed by atoms with van der Waals surface area (Å²) in [5.74, 6) is 0.0951. The topological polar surface area (TPSA) is 147 Å². The second-order valence-corrected chi connectivity index (χ2v) is 7.77. The summed E-state index contributed by atoms with van der Waals surface area (Å²) in [5.41, 5.74) is 0.796. The predicted molar refractivity (Wildman–Crippen MR) is 119 cm³/mol. The van der Waals surface area contributed by atoms with Crippen LogP contribution in [0.2, 0.25) is 0 Å². The molecule has 0 saturated carbocycles. The van der Waals surface area contributed by atoms with Gasteiger partial charge in [0.15, 0.2) is 23.5 Å². The molecule has 3 aromatic rings. The van der Waals surface area contributed by atoms with Crippen LogP contribution >= 0.6 is 0 Å². The fourth-order valence-electron chi connectivity index (χ4n) is 3.47. The smallest absolute Gasteiger partial charge is 0.407 e. The number of alkyl carbamates (subject to hydrolysis) is 1. The number of benzene rings is 1. The summed E-state index contributed by atoms with van der Waals surface area (Å²) in [6.07, 6.45) is 0.445. The van der Waals surface area contributed by atoms with Crippen LogP contribution in [0.3, 0.4) is 0 Å². The lowest BCUT2D eigenvalue weighted by atomic mass is 10.2. The minimum absolute atomic E-state index is 0.0951. The molecule has 12 heteroatoms.